The van der Waals surface area contributed by atoms with E-state index in [0.29, 0.717) is 12.0 Å². The van der Waals surface area contributed by atoms with Crippen molar-refractivity contribution < 1.29 is 9.53 Å². The van der Waals surface area contributed by atoms with E-state index in [-0.39, 0.29) is 12.5 Å². The summed E-state index contributed by atoms with van der Waals surface area (Å²) in [5.74, 6) is 1.57. The average Bonchev–Trinajstić information content (AvgIpc) is 2.61. The van der Waals surface area contributed by atoms with Crippen LogP contribution in [0.15, 0.2) is 30.3 Å². The molecule has 1 aromatic rings. The SMILES string of the molecule is O=C(COc1ccccc1)N1CCCC[C@@H]1C1CCNCC1. The Morgan fingerprint density at radius 3 is 2.68 bits per heavy atom. The van der Waals surface area contributed by atoms with E-state index in [1.54, 1.807) is 0 Å². The van der Waals surface area contributed by atoms with Crippen molar-refractivity contribution in [2.45, 2.75) is 38.1 Å². The Morgan fingerprint density at radius 2 is 1.91 bits per heavy atom. The van der Waals surface area contributed by atoms with Crippen LogP contribution in [0.4, 0.5) is 0 Å². The lowest BCUT2D eigenvalue weighted by Crippen LogP contribution is -2.51. The fourth-order valence-corrected chi connectivity index (χ4v) is 3.73. The first-order chi connectivity index (χ1) is 10.8. The number of para-hydroxylation sites is 1. The third-order valence-corrected chi connectivity index (χ3v) is 4.90. The van der Waals surface area contributed by atoms with Crippen molar-refractivity contribution in [1.82, 2.24) is 10.2 Å². The van der Waals surface area contributed by atoms with E-state index in [1.165, 1.54) is 19.3 Å². The number of rotatable bonds is 4. The number of likely N-dealkylation sites (tertiary alicyclic amines) is 1. The number of piperidine rings is 2. The van der Waals surface area contributed by atoms with Gasteiger partial charge in [-0.15, -0.1) is 0 Å². The molecule has 1 aromatic carbocycles. The van der Waals surface area contributed by atoms with Gasteiger partial charge in [0.2, 0.25) is 0 Å². The summed E-state index contributed by atoms with van der Waals surface area (Å²) in [7, 11) is 0. The maximum atomic E-state index is 12.6. The van der Waals surface area contributed by atoms with Crippen LogP contribution in [0.1, 0.15) is 32.1 Å². The monoisotopic (exact) mass is 302 g/mol. The van der Waals surface area contributed by atoms with Gasteiger partial charge in [-0.2, -0.15) is 0 Å². The van der Waals surface area contributed by atoms with E-state index >= 15 is 0 Å². The van der Waals surface area contributed by atoms with Crippen LogP contribution in [-0.2, 0) is 4.79 Å². The van der Waals surface area contributed by atoms with Gasteiger partial charge >= 0.3 is 0 Å². The second kappa shape index (κ2) is 7.63. The molecule has 2 saturated heterocycles. The molecule has 2 aliphatic rings. The molecule has 1 amide bonds. The molecule has 0 saturated carbocycles. The molecule has 2 aliphatic heterocycles. The van der Waals surface area contributed by atoms with Crippen molar-refractivity contribution in [1.29, 1.82) is 0 Å². The van der Waals surface area contributed by atoms with Crippen LogP contribution in [0.2, 0.25) is 0 Å². The Bertz CT molecular complexity index is 471. The molecule has 0 radical (unpaired) electrons. The molecule has 0 unspecified atom stereocenters. The zero-order valence-electron chi connectivity index (χ0n) is 13.2. The van der Waals surface area contributed by atoms with Crippen LogP contribution >= 0.6 is 0 Å². The molecule has 1 N–H and O–H groups in total. The Hall–Kier alpha value is -1.55. The van der Waals surface area contributed by atoms with Crippen molar-refractivity contribution in [2.75, 3.05) is 26.2 Å². The van der Waals surface area contributed by atoms with Crippen molar-refractivity contribution in [3.8, 4) is 5.75 Å². The highest BCUT2D eigenvalue weighted by Gasteiger charge is 2.33. The van der Waals surface area contributed by atoms with E-state index in [4.69, 9.17) is 4.74 Å². The normalized spacial score (nSPS) is 23.3. The van der Waals surface area contributed by atoms with Gasteiger partial charge in [-0.05, 0) is 63.2 Å². The summed E-state index contributed by atoms with van der Waals surface area (Å²) in [5, 5.41) is 3.42. The summed E-state index contributed by atoms with van der Waals surface area (Å²) in [6.45, 7) is 3.23. The van der Waals surface area contributed by atoms with Crippen LogP contribution in [0.3, 0.4) is 0 Å². The zero-order valence-corrected chi connectivity index (χ0v) is 13.2. The first-order valence-corrected chi connectivity index (χ1v) is 8.52. The first-order valence-electron chi connectivity index (χ1n) is 8.52. The quantitative estimate of drug-likeness (QED) is 0.929. The van der Waals surface area contributed by atoms with Crippen LogP contribution < -0.4 is 10.1 Å². The number of hydrogen-bond acceptors (Lipinski definition) is 3. The van der Waals surface area contributed by atoms with Crippen molar-refractivity contribution in [3.05, 3.63) is 30.3 Å². The zero-order chi connectivity index (χ0) is 15.2. The lowest BCUT2D eigenvalue weighted by molar-refractivity contribution is -0.138. The molecule has 3 rings (SSSR count). The van der Waals surface area contributed by atoms with Gasteiger partial charge in [-0.3, -0.25) is 4.79 Å². The van der Waals surface area contributed by atoms with Gasteiger partial charge in [-0.1, -0.05) is 18.2 Å². The summed E-state index contributed by atoms with van der Waals surface area (Å²) in [6, 6.07) is 10.0. The topological polar surface area (TPSA) is 41.6 Å². The molecular formula is C18H26N2O2. The fraction of sp³-hybridized carbons (Fsp3) is 0.611. The van der Waals surface area contributed by atoms with E-state index in [2.05, 4.69) is 10.2 Å². The van der Waals surface area contributed by atoms with Gasteiger partial charge in [0.15, 0.2) is 6.61 Å². The average molecular weight is 302 g/mol. The molecule has 22 heavy (non-hydrogen) atoms. The third kappa shape index (κ3) is 3.80. The standard InChI is InChI=1S/C18H26N2O2/c21-18(14-22-16-6-2-1-3-7-16)20-13-5-4-8-17(20)15-9-11-19-12-10-15/h1-3,6-7,15,17,19H,4-5,8-14H2/t17-/m1/s1. The number of ether oxygens (including phenoxy) is 1. The molecule has 0 aliphatic carbocycles. The highest BCUT2D eigenvalue weighted by Crippen LogP contribution is 2.29. The lowest BCUT2D eigenvalue weighted by Gasteiger charge is -2.42. The first kappa shape index (κ1) is 15.3. The molecule has 1 atom stereocenters. The number of benzene rings is 1. The lowest BCUT2D eigenvalue weighted by atomic mass is 9.84. The van der Waals surface area contributed by atoms with E-state index in [9.17, 15) is 4.79 Å². The number of hydrogen-bond donors (Lipinski definition) is 1. The molecule has 4 heteroatoms. The van der Waals surface area contributed by atoms with Gasteiger partial charge in [0.05, 0.1) is 0 Å². The molecule has 0 bridgehead atoms. The fourth-order valence-electron chi connectivity index (χ4n) is 3.73. The minimum absolute atomic E-state index is 0.145. The van der Waals surface area contributed by atoms with Gasteiger partial charge < -0.3 is 15.0 Å². The van der Waals surface area contributed by atoms with Crippen molar-refractivity contribution in [3.63, 3.8) is 0 Å². The summed E-state index contributed by atoms with van der Waals surface area (Å²) in [5.41, 5.74) is 0. The number of nitrogens with zero attached hydrogens (tertiary/aromatic N) is 1. The van der Waals surface area contributed by atoms with Crippen LogP contribution in [0.5, 0.6) is 5.75 Å². The predicted molar refractivity (Wildman–Crippen MR) is 86.9 cm³/mol. The van der Waals surface area contributed by atoms with Crippen molar-refractivity contribution in [2.24, 2.45) is 5.92 Å². The van der Waals surface area contributed by atoms with E-state index in [0.717, 1.165) is 38.2 Å². The number of amides is 1. The van der Waals surface area contributed by atoms with Gasteiger partial charge in [0.1, 0.15) is 5.75 Å². The van der Waals surface area contributed by atoms with Crippen LogP contribution in [0, 0.1) is 5.92 Å². The highest BCUT2D eigenvalue weighted by atomic mass is 16.5. The Labute approximate surface area is 132 Å². The molecule has 0 spiro atoms. The minimum atomic E-state index is 0.145. The van der Waals surface area contributed by atoms with Gasteiger partial charge in [-0.25, -0.2) is 0 Å². The third-order valence-electron chi connectivity index (χ3n) is 4.90. The predicted octanol–water partition coefficient (Wildman–Crippen LogP) is 2.45. The molecule has 120 valence electrons. The number of carbonyl (C=O) groups excluding carboxylic acids is 1. The summed E-state index contributed by atoms with van der Waals surface area (Å²) in [4.78, 5) is 14.7. The van der Waals surface area contributed by atoms with Crippen molar-refractivity contribution >= 4 is 5.91 Å². The molecule has 4 nitrogen and oxygen atoms in total. The molecule has 0 aromatic heterocycles. The van der Waals surface area contributed by atoms with E-state index in [1.807, 2.05) is 30.3 Å². The summed E-state index contributed by atoms with van der Waals surface area (Å²) >= 11 is 0. The molecule has 2 heterocycles. The van der Waals surface area contributed by atoms with Crippen LogP contribution in [-0.4, -0.2) is 43.1 Å². The Kier molecular flexibility index (Phi) is 5.33. The van der Waals surface area contributed by atoms with Gasteiger partial charge in [0.25, 0.3) is 5.91 Å². The largest absolute Gasteiger partial charge is 0.484 e. The molecule has 2 fully saturated rings. The Balaban J connectivity index is 1.58. The number of carbonyl (C=O) groups is 1. The Morgan fingerprint density at radius 1 is 1.14 bits per heavy atom. The summed E-state index contributed by atoms with van der Waals surface area (Å²) in [6.07, 6.45) is 5.90. The minimum Gasteiger partial charge on any atom is -0.484 e. The smallest absolute Gasteiger partial charge is 0.260 e. The molecular weight excluding hydrogens is 276 g/mol. The highest BCUT2D eigenvalue weighted by molar-refractivity contribution is 5.78. The maximum Gasteiger partial charge on any atom is 0.260 e. The van der Waals surface area contributed by atoms with Gasteiger partial charge in [0, 0.05) is 12.6 Å². The summed E-state index contributed by atoms with van der Waals surface area (Å²) < 4.78 is 5.65. The van der Waals surface area contributed by atoms with E-state index < -0.39 is 0 Å². The maximum absolute atomic E-state index is 12.6. The van der Waals surface area contributed by atoms with Crippen LogP contribution in [0.25, 0.3) is 0 Å². The number of nitrogens with one attached hydrogen (secondary N) is 1. The second-order valence-corrected chi connectivity index (χ2v) is 6.34. The second-order valence-electron chi connectivity index (χ2n) is 6.34.